The lowest BCUT2D eigenvalue weighted by atomic mass is 10.2. The van der Waals surface area contributed by atoms with Crippen molar-refractivity contribution in [3.8, 4) is 0 Å². The van der Waals surface area contributed by atoms with Gasteiger partial charge in [-0.05, 0) is 37.6 Å². The first-order valence-electron chi connectivity index (χ1n) is 8.13. The molecule has 0 aromatic carbocycles. The maximum atomic E-state index is 12.7. The molecule has 24 heavy (non-hydrogen) atoms. The van der Waals surface area contributed by atoms with Crippen molar-refractivity contribution >= 4 is 17.4 Å². The smallest absolute Gasteiger partial charge is 0.270 e. The maximum Gasteiger partial charge on any atom is 0.270 e. The van der Waals surface area contributed by atoms with Crippen molar-refractivity contribution < 1.29 is 4.79 Å². The van der Waals surface area contributed by atoms with E-state index in [0.29, 0.717) is 5.69 Å². The van der Waals surface area contributed by atoms with Crippen LogP contribution >= 0.6 is 0 Å². The van der Waals surface area contributed by atoms with Crippen molar-refractivity contribution in [3.63, 3.8) is 0 Å². The van der Waals surface area contributed by atoms with Gasteiger partial charge in [0.05, 0.1) is 5.69 Å². The molecule has 1 aliphatic rings. The quantitative estimate of drug-likeness (QED) is 0.802. The number of hydrogen-bond donors (Lipinski definition) is 1. The second-order valence-corrected chi connectivity index (χ2v) is 6.07. The first kappa shape index (κ1) is 14.7. The second kappa shape index (κ2) is 5.96. The molecule has 0 saturated carbocycles. The number of imidazole rings is 1. The van der Waals surface area contributed by atoms with Crippen molar-refractivity contribution in [1.29, 1.82) is 0 Å². The zero-order valence-corrected chi connectivity index (χ0v) is 13.5. The van der Waals surface area contributed by atoms with Gasteiger partial charge in [0.2, 0.25) is 0 Å². The Morgan fingerprint density at radius 3 is 2.96 bits per heavy atom. The van der Waals surface area contributed by atoms with Crippen molar-refractivity contribution in [1.82, 2.24) is 19.7 Å². The van der Waals surface area contributed by atoms with Crippen molar-refractivity contribution in [2.24, 2.45) is 0 Å². The molecule has 4 heterocycles. The summed E-state index contributed by atoms with van der Waals surface area (Å²) >= 11 is 0. The number of carbonyl (C=O) groups is 1. The Balaban J connectivity index is 1.50. The number of rotatable bonds is 3. The summed E-state index contributed by atoms with van der Waals surface area (Å²) in [7, 11) is 0. The zero-order valence-electron chi connectivity index (χ0n) is 13.5. The van der Waals surface area contributed by atoms with E-state index in [1.54, 1.807) is 6.20 Å². The van der Waals surface area contributed by atoms with Gasteiger partial charge < -0.3 is 10.2 Å². The predicted molar refractivity (Wildman–Crippen MR) is 92.3 cm³/mol. The van der Waals surface area contributed by atoms with Crippen LogP contribution in [0.3, 0.4) is 0 Å². The van der Waals surface area contributed by atoms with E-state index in [4.69, 9.17) is 0 Å². The number of pyridine rings is 2. The van der Waals surface area contributed by atoms with Gasteiger partial charge in [0.25, 0.3) is 5.91 Å². The number of nitrogens with one attached hydrogen (secondary N) is 1. The van der Waals surface area contributed by atoms with Crippen molar-refractivity contribution in [2.45, 2.75) is 19.4 Å². The molecule has 1 aliphatic heterocycles. The topological polar surface area (TPSA) is 62.5 Å². The number of aryl methyl sites for hydroxylation is 1. The molecular formula is C18H19N5O. The van der Waals surface area contributed by atoms with Crippen molar-refractivity contribution in [2.75, 3.05) is 18.0 Å². The minimum absolute atomic E-state index is 0.0703. The molecule has 0 radical (unpaired) electrons. The van der Waals surface area contributed by atoms with E-state index in [1.807, 2.05) is 53.9 Å². The Hall–Kier alpha value is -2.89. The third-order valence-corrected chi connectivity index (χ3v) is 4.42. The zero-order chi connectivity index (χ0) is 16.5. The van der Waals surface area contributed by atoms with E-state index in [1.165, 1.54) is 0 Å². The number of carbonyl (C=O) groups excluding carboxylic acids is 1. The van der Waals surface area contributed by atoms with Gasteiger partial charge in [-0.25, -0.2) is 9.97 Å². The van der Waals surface area contributed by atoms with E-state index in [9.17, 15) is 4.79 Å². The summed E-state index contributed by atoms with van der Waals surface area (Å²) in [5.74, 6) is 0.888. The molecule has 1 N–H and O–H groups in total. The molecule has 6 heteroatoms. The highest BCUT2D eigenvalue weighted by atomic mass is 16.2. The van der Waals surface area contributed by atoms with E-state index < -0.39 is 0 Å². The average Bonchev–Trinajstić information content (AvgIpc) is 3.19. The largest absolute Gasteiger partial charge is 0.354 e. The number of anilines is 1. The fraction of sp³-hybridized carbons (Fsp3) is 0.278. The highest BCUT2D eigenvalue weighted by Crippen LogP contribution is 2.18. The van der Waals surface area contributed by atoms with Gasteiger partial charge in [-0.1, -0.05) is 12.1 Å². The molecule has 0 aliphatic carbocycles. The molecule has 1 amide bonds. The SMILES string of the molecule is Cc1nc2ccccn2c1C(=O)NC1CCN(c2ccccn2)C1. The fourth-order valence-corrected chi connectivity index (χ4v) is 3.27. The lowest BCUT2D eigenvalue weighted by molar-refractivity contribution is 0.0934. The molecule has 3 aromatic rings. The molecule has 122 valence electrons. The highest BCUT2D eigenvalue weighted by Gasteiger charge is 2.26. The van der Waals surface area contributed by atoms with Gasteiger partial charge in [0.15, 0.2) is 0 Å². The Kier molecular flexibility index (Phi) is 3.65. The number of hydrogen-bond acceptors (Lipinski definition) is 4. The van der Waals surface area contributed by atoms with Gasteiger partial charge in [-0.15, -0.1) is 0 Å². The van der Waals surface area contributed by atoms with Crippen LogP contribution in [0.5, 0.6) is 0 Å². The normalized spacial score (nSPS) is 17.4. The number of aromatic nitrogens is 3. The molecule has 0 bridgehead atoms. The van der Waals surface area contributed by atoms with Gasteiger partial charge in [-0.2, -0.15) is 0 Å². The minimum atomic E-state index is -0.0703. The van der Waals surface area contributed by atoms with Crippen LogP contribution in [0.25, 0.3) is 5.65 Å². The first-order chi connectivity index (χ1) is 11.7. The van der Waals surface area contributed by atoms with Crippen LogP contribution in [0.1, 0.15) is 22.6 Å². The van der Waals surface area contributed by atoms with E-state index in [-0.39, 0.29) is 11.9 Å². The molecule has 6 nitrogen and oxygen atoms in total. The molecule has 0 spiro atoms. The molecule has 3 aromatic heterocycles. The summed E-state index contributed by atoms with van der Waals surface area (Å²) in [6, 6.07) is 11.7. The Morgan fingerprint density at radius 1 is 1.25 bits per heavy atom. The summed E-state index contributed by atoms with van der Waals surface area (Å²) in [5.41, 5.74) is 2.15. The van der Waals surface area contributed by atoms with Gasteiger partial charge in [0, 0.05) is 31.5 Å². The molecule has 1 unspecified atom stereocenters. The lowest BCUT2D eigenvalue weighted by Gasteiger charge is -2.17. The highest BCUT2D eigenvalue weighted by molar-refractivity contribution is 5.94. The average molecular weight is 321 g/mol. The van der Waals surface area contributed by atoms with E-state index >= 15 is 0 Å². The molecule has 4 rings (SSSR count). The minimum Gasteiger partial charge on any atom is -0.354 e. The number of amides is 1. The molecule has 1 atom stereocenters. The summed E-state index contributed by atoms with van der Waals surface area (Å²) in [6.07, 6.45) is 4.58. The van der Waals surface area contributed by atoms with Crippen LogP contribution < -0.4 is 10.2 Å². The van der Waals surface area contributed by atoms with Crippen LogP contribution in [-0.2, 0) is 0 Å². The third-order valence-electron chi connectivity index (χ3n) is 4.42. The summed E-state index contributed by atoms with van der Waals surface area (Å²) in [6.45, 7) is 3.55. The standard InChI is InChI=1S/C18H19N5O/c1-13-17(23-10-5-3-7-16(23)20-13)18(24)21-14-8-11-22(12-14)15-6-2-4-9-19-15/h2-7,9-10,14H,8,11-12H2,1H3,(H,21,24). The Morgan fingerprint density at radius 2 is 2.12 bits per heavy atom. The summed E-state index contributed by atoms with van der Waals surface area (Å²) < 4.78 is 1.84. The van der Waals surface area contributed by atoms with Crippen LogP contribution in [0, 0.1) is 6.92 Å². The van der Waals surface area contributed by atoms with Gasteiger partial charge in [-0.3, -0.25) is 9.20 Å². The first-order valence-corrected chi connectivity index (χ1v) is 8.13. The number of nitrogens with zero attached hydrogens (tertiary/aromatic N) is 4. The maximum absolute atomic E-state index is 12.7. The van der Waals surface area contributed by atoms with Crippen molar-refractivity contribution in [3.05, 3.63) is 60.2 Å². The predicted octanol–water partition coefficient (Wildman–Crippen LogP) is 2.05. The Labute approximate surface area is 140 Å². The third kappa shape index (κ3) is 2.60. The second-order valence-electron chi connectivity index (χ2n) is 6.07. The monoisotopic (exact) mass is 321 g/mol. The Bertz CT molecular complexity index is 874. The molecular weight excluding hydrogens is 302 g/mol. The molecule has 1 saturated heterocycles. The lowest BCUT2D eigenvalue weighted by Crippen LogP contribution is -2.38. The van der Waals surface area contributed by atoms with E-state index in [0.717, 1.165) is 36.7 Å². The van der Waals surface area contributed by atoms with Crippen LogP contribution in [0.4, 0.5) is 5.82 Å². The van der Waals surface area contributed by atoms with Crippen LogP contribution in [0.15, 0.2) is 48.8 Å². The molecule has 1 fully saturated rings. The van der Waals surface area contributed by atoms with E-state index in [2.05, 4.69) is 20.2 Å². The summed E-state index contributed by atoms with van der Waals surface area (Å²) in [4.78, 5) is 23.8. The fourth-order valence-electron chi connectivity index (χ4n) is 3.27. The summed E-state index contributed by atoms with van der Waals surface area (Å²) in [5, 5.41) is 3.14. The van der Waals surface area contributed by atoms with Crippen LogP contribution in [0.2, 0.25) is 0 Å². The number of fused-ring (bicyclic) bond motifs is 1. The van der Waals surface area contributed by atoms with Gasteiger partial charge >= 0.3 is 0 Å². The van der Waals surface area contributed by atoms with Crippen LogP contribution in [-0.4, -0.2) is 39.4 Å². The van der Waals surface area contributed by atoms with Gasteiger partial charge in [0.1, 0.15) is 17.2 Å².